The average Bonchev–Trinajstić information content (AvgIpc) is 2.09. The summed E-state index contributed by atoms with van der Waals surface area (Å²) >= 11 is 5.40. The third-order valence-electron chi connectivity index (χ3n) is 1.53. The highest BCUT2D eigenvalue weighted by Crippen LogP contribution is 2.28. The predicted molar refractivity (Wildman–Crippen MR) is 44.0 cm³/mol. The molecule has 0 saturated heterocycles. The van der Waals surface area contributed by atoms with E-state index < -0.39 is 22.4 Å². The van der Waals surface area contributed by atoms with Crippen LogP contribution in [0.2, 0.25) is 5.02 Å². The van der Waals surface area contributed by atoms with Crippen LogP contribution in [0.15, 0.2) is 12.1 Å². The highest BCUT2D eigenvalue weighted by molar-refractivity contribution is 6.31. The summed E-state index contributed by atoms with van der Waals surface area (Å²) in [5.41, 5.74) is -0.583. The molecule has 70 valence electrons. The fourth-order valence-corrected chi connectivity index (χ4v) is 1.12. The van der Waals surface area contributed by atoms with Gasteiger partial charge in [-0.1, -0.05) is 11.6 Å². The Morgan fingerprint density at radius 1 is 1.62 bits per heavy atom. The van der Waals surface area contributed by atoms with Crippen molar-refractivity contribution in [3.8, 4) is 0 Å². The van der Waals surface area contributed by atoms with Gasteiger partial charge in [-0.3, -0.25) is 10.1 Å². The second-order valence-electron chi connectivity index (χ2n) is 2.27. The number of benzene rings is 1. The summed E-state index contributed by atoms with van der Waals surface area (Å²) in [4.78, 5) is 9.63. The van der Waals surface area contributed by atoms with Crippen molar-refractivity contribution in [3.05, 3.63) is 38.7 Å². The van der Waals surface area contributed by atoms with Gasteiger partial charge in [-0.05, 0) is 6.07 Å². The number of nitro groups is 1. The molecule has 0 amide bonds. The van der Waals surface area contributed by atoms with Gasteiger partial charge in [0.25, 0.3) is 5.69 Å². The maximum atomic E-state index is 12.7. The van der Waals surface area contributed by atoms with Gasteiger partial charge in [0.15, 0.2) is 0 Å². The van der Waals surface area contributed by atoms with Crippen LogP contribution in [-0.2, 0) is 6.61 Å². The quantitative estimate of drug-likeness (QED) is 0.592. The van der Waals surface area contributed by atoms with Crippen LogP contribution in [0.3, 0.4) is 0 Å². The minimum atomic E-state index is -0.781. The molecule has 0 radical (unpaired) electrons. The number of halogens is 2. The Hall–Kier alpha value is -1.20. The first kappa shape index (κ1) is 9.88. The molecule has 0 spiro atoms. The molecule has 0 bridgehead atoms. The van der Waals surface area contributed by atoms with E-state index in [1.54, 1.807) is 0 Å². The molecular weight excluding hydrogens is 201 g/mol. The van der Waals surface area contributed by atoms with Gasteiger partial charge in [0, 0.05) is 6.07 Å². The summed E-state index contributed by atoms with van der Waals surface area (Å²) in [6.45, 7) is -0.660. The van der Waals surface area contributed by atoms with Crippen molar-refractivity contribution >= 4 is 17.3 Å². The first-order valence-corrected chi connectivity index (χ1v) is 3.68. The van der Waals surface area contributed by atoms with E-state index in [9.17, 15) is 14.5 Å². The summed E-state index contributed by atoms with van der Waals surface area (Å²) < 4.78 is 12.7. The Morgan fingerprint density at radius 3 is 2.69 bits per heavy atom. The van der Waals surface area contributed by atoms with Crippen molar-refractivity contribution in [2.75, 3.05) is 0 Å². The van der Waals surface area contributed by atoms with Crippen molar-refractivity contribution in [1.29, 1.82) is 0 Å². The summed E-state index contributed by atoms with van der Waals surface area (Å²) in [6, 6.07) is 1.85. The SMILES string of the molecule is O=[N+]([O-])c1ccc(F)c(Cl)c1CO. The molecule has 1 rings (SSSR count). The predicted octanol–water partition coefficient (Wildman–Crippen LogP) is 1.88. The smallest absolute Gasteiger partial charge is 0.276 e. The minimum Gasteiger partial charge on any atom is -0.391 e. The van der Waals surface area contributed by atoms with Crippen LogP contribution in [0.4, 0.5) is 10.1 Å². The molecule has 1 N–H and O–H groups in total. The zero-order chi connectivity index (χ0) is 10.0. The third-order valence-corrected chi connectivity index (χ3v) is 1.93. The summed E-state index contributed by atoms with van der Waals surface area (Å²) in [7, 11) is 0. The minimum absolute atomic E-state index is 0.202. The molecule has 0 heterocycles. The number of nitrogens with zero attached hydrogens (tertiary/aromatic N) is 1. The van der Waals surface area contributed by atoms with Crippen molar-refractivity contribution < 1.29 is 14.4 Å². The van der Waals surface area contributed by atoms with Gasteiger partial charge in [-0.2, -0.15) is 0 Å². The van der Waals surface area contributed by atoms with Crippen LogP contribution in [-0.4, -0.2) is 10.0 Å². The molecular formula is C7H5ClFNO3. The van der Waals surface area contributed by atoms with E-state index in [4.69, 9.17) is 16.7 Å². The van der Waals surface area contributed by atoms with Gasteiger partial charge < -0.3 is 5.11 Å². The van der Waals surface area contributed by atoms with Crippen LogP contribution in [0, 0.1) is 15.9 Å². The van der Waals surface area contributed by atoms with Gasteiger partial charge in [0.05, 0.1) is 22.1 Å². The lowest BCUT2D eigenvalue weighted by Gasteiger charge is -2.01. The molecule has 0 unspecified atom stereocenters. The zero-order valence-electron chi connectivity index (χ0n) is 6.33. The fourth-order valence-electron chi connectivity index (χ4n) is 0.904. The molecule has 1 aromatic rings. The van der Waals surface area contributed by atoms with Crippen LogP contribution in [0.1, 0.15) is 5.56 Å². The zero-order valence-corrected chi connectivity index (χ0v) is 7.08. The molecule has 0 atom stereocenters. The molecule has 1 aromatic carbocycles. The molecule has 4 nitrogen and oxygen atoms in total. The Balaban J connectivity index is 3.38. The fraction of sp³-hybridized carbons (Fsp3) is 0.143. The second kappa shape index (κ2) is 3.68. The molecule has 6 heteroatoms. The highest BCUT2D eigenvalue weighted by Gasteiger charge is 2.18. The van der Waals surface area contributed by atoms with E-state index in [1.807, 2.05) is 0 Å². The maximum Gasteiger partial charge on any atom is 0.276 e. The van der Waals surface area contributed by atoms with Gasteiger partial charge in [-0.25, -0.2) is 4.39 Å². The Morgan fingerprint density at radius 2 is 2.23 bits per heavy atom. The summed E-state index contributed by atoms with van der Waals surface area (Å²) in [5.74, 6) is -0.781. The van der Waals surface area contributed by atoms with Crippen molar-refractivity contribution in [2.24, 2.45) is 0 Å². The first-order valence-electron chi connectivity index (χ1n) is 3.30. The topological polar surface area (TPSA) is 63.4 Å². The summed E-state index contributed by atoms with van der Waals surface area (Å²) in [6.07, 6.45) is 0. The van der Waals surface area contributed by atoms with Crippen molar-refractivity contribution in [2.45, 2.75) is 6.61 Å². The van der Waals surface area contributed by atoms with E-state index >= 15 is 0 Å². The molecule has 0 aliphatic heterocycles. The summed E-state index contributed by atoms with van der Waals surface area (Å²) in [5, 5.41) is 18.7. The lowest BCUT2D eigenvalue weighted by Crippen LogP contribution is -1.97. The van der Waals surface area contributed by atoms with E-state index in [2.05, 4.69) is 0 Å². The van der Waals surface area contributed by atoms with E-state index in [0.717, 1.165) is 12.1 Å². The highest BCUT2D eigenvalue weighted by atomic mass is 35.5. The number of nitro benzene ring substituents is 1. The van der Waals surface area contributed by atoms with E-state index in [1.165, 1.54) is 0 Å². The Kier molecular flexibility index (Phi) is 2.79. The number of hydrogen-bond acceptors (Lipinski definition) is 3. The van der Waals surface area contributed by atoms with Crippen molar-refractivity contribution in [3.63, 3.8) is 0 Å². The first-order chi connectivity index (χ1) is 6.07. The molecule has 0 saturated carbocycles. The standard InChI is InChI=1S/C7H5ClFNO3/c8-7-4(3-11)6(10(12)13)2-1-5(7)9/h1-2,11H,3H2. The second-order valence-corrected chi connectivity index (χ2v) is 2.65. The average molecular weight is 206 g/mol. The Labute approximate surface area is 77.7 Å². The monoisotopic (exact) mass is 205 g/mol. The maximum absolute atomic E-state index is 12.7. The number of hydrogen-bond donors (Lipinski definition) is 1. The lowest BCUT2D eigenvalue weighted by atomic mass is 10.2. The molecule has 0 aliphatic carbocycles. The lowest BCUT2D eigenvalue weighted by molar-refractivity contribution is -0.385. The van der Waals surface area contributed by atoms with E-state index in [-0.39, 0.29) is 11.3 Å². The van der Waals surface area contributed by atoms with Crippen LogP contribution >= 0.6 is 11.6 Å². The van der Waals surface area contributed by atoms with Gasteiger partial charge in [0.1, 0.15) is 5.82 Å². The molecule has 0 aromatic heterocycles. The Bertz CT molecular complexity index is 356. The molecule has 0 fully saturated rings. The van der Waals surface area contributed by atoms with Gasteiger partial charge >= 0.3 is 0 Å². The number of aliphatic hydroxyl groups excluding tert-OH is 1. The van der Waals surface area contributed by atoms with Gasteiger partial charge in [0.2, 0.25) is 0 Å². The number of rotatable bonds is 2. The molecule has 13 heavy (non-hydrogen) atoms. The van der Waals surface area contributed by atoms with E-state index in [0.29, 0.717) is 0 Å². The van der Waals surface area contributed by atoms with Crippen LogP contribution in [0.5, 0.6) is 0 Å². The van der Waals surface area contributed by atoms with Crippen molar-refractivity contribution in [1.82, 2.24) is 0 Å². The van der Waals surface area contributed by atoms with Gasteiger partial charge in [-0.15, -0.1) is 0 Å². The third kappa shape index (κ3) is 1.76. The van der Waals surface area contributed by atoms with Crippen LogP contribution < -0.4 is 0 Å². The number of aliphatic hydroxyl groups is 1. The van der Waals surface area contributed by atoms with Crippen LogP contribution in [0.25, 0.3) is 0 Å². The normalized spacial score (nSPS) is 10.1. The largest absolute Gasteiger partial charge is 0.391 e. The molecule has 0 aliphatic rings.